The van der Waals surface area contributed by atoms with Crippen LogP contribution in [-0.4, -0.2) is 39.8 Å². The van der Waals surface area contributed by atoms with Gasteiger partial charge in [-0.25, -0.2) is 9.97 Å². The fourth-order valence-electron chi connectivity index (χ4n) is 4.07. The van der Waals surface area contributed by atoms with Crippen molar-refractivity contribution >= 4 is 23.1 Å². The Morgan fingerprint density at radius 1 is 1.12 bits per heavy atom. The maximum Gasteiger partial charge on any atom is 0.0948 e. The zero-order valence-corrected chi connectivity index (χ0v) is 19.6. The van der Waals surface area contributed by atoms with Crippen molar-refractivity contribution in [3.8, 4) is 11.4 Å². The van der Waals surface area contributed by atoms with Crippen molar-refractivity contribution in [1.82, 2.24) is 19.5 Å². The lowest BCUT2D eigenvalue weighted by Crippen LogP contribution is -2.04. The zero-order valence-electron chi connectivity index (χ0n) is 19.6. The van der Waals surface area contributed by atoms with Gasteiger partial charge in [0.25, 0.3) is 0 Å². The molecule has 0 fully saturated rings. The quantitative estimate of drug-likeness (QED) is 0.384. The number of rotatable bonds is 9. The second-order valence-electron chi connectivity index (χ2n) is 8.33. The summed E-state index contributed by atoms with van der Waals surface area (Å²) in [5, 5.41) is 1.13. The van der Waals surface area contributed by atoms with Crippen LogP contribution in [0.2, 0.25) is 0 Å². The van der Waals surface area contributed by atoms with E-state index in [2.05, 4.69) is 53.3 Å². The lowest BCUT2D eigenvalue weighted by molar-refractivity contribution is 0.195. The summed E-state index contributed by atoms with van der Waals surface area (Å²) in [6, 6.07) is 10.7. The molecule has 1 aromatic carbocycles. The minimum absolute atomic E-state index is 0.626. The Bertz CT molecular complexity index is 1270. The molecule has 0 atom stereocenters. The second kappa shape index (κ2) is 10.5. The zero-order chi connectivity index (χ0) is 23.2. The molecule has 2 N–H and O–H groups in total. The summed E-state index contributed by atoms with van der Waals surface area (Å²) in [7, 11) is 3.72. The van der Waals surface area contributed by atoms with E-state index in [1.165, 1.54) is 11.1 Å². The first-order chi connectivity index (χ1) is 16.1. The predicted molar refractivity (Wildman–Crippen MR) is 135 cm³/mol. The summed E-state index contributed by atoms with van der Waals surface area (Å²) < 4.78 is 7.16. The molecule has 33 heavy (non-hydrogen) atoms. The summed E-state index contributed by atoms with van der Waals surface area (Å²) in [4.78, 5) is 13.7. The van der Waals surface area contributed by atoms with Crippen molar-refractivity contribution in [3.05, 3.63) is 77.0 Å². The van der Waals surface area contributed by atoms with E-state index in [1.54, 1.807) is 13.4 Å². The standard InChI is InChI=1S/C27H31N5O/c1-19-13-25-24(15-21(19)8-10-28)22(16-26(31-25)27-17-29-18-32(27)2)7-6-20-9-11-30-23(14-20)5-4-12-33-3/h6-7,9,11,13-18H,4-5,8,10,12,28H2,1-3H3/b7-6+. The van der Waals surface area contributed by atoms with E-state index in [-0.39, 0.29) is 0 Å². The van der Waals surface area contributed by atoms with Gasteiger partial charge in [-0.1, -0.05) is 12.2 Å². The molecular weight excluding hydrogens is 410 g/mol. The number of nitrogens with zero attached hydrogens (tertiary/aromatic N) is 4. The maximum atomic E-state index is 5.86. The van der Waals surface area contributed by atoms with Crippen LogP contribution in [0.3, 0.4) is 0 Å². The average molecular weight is 442 g/mol. The lowest BCUT2D eigenvalue weighted by Gasteiger charge is -2.12. The van der Waals surface area contributed by atoms with Crippen molar-refractivity contribution in [2.24, 2.45) is 12.8 Å². The van der Waals surface area contributed by atoms with Gasteiger partial charge in [0, 0.05) is 38.0 Å². The molecule has 0 spiro atoms. The van der Waals surface area contributed by atoms with Crippen molar-refractivity contribution in [2.75, 3.05) is 20.3 Å². The Morgan fingerprint density at radius 3 is 2.76 bits per heavy atom. The van der Waals surface area contributed by atoms with E-state index in [0.717, 1.165) is 65.0 Å². The molecule has 6 nitrogen and oxygen atoms in total. The number of ether oxygens (including phenoxy) is 1. The van der Waals surface area contributed by atoms with Gasteiger partial charge in [-0.05, 0) is 85.3 Å². The van der Waals surface area contributed by atoms with Crippen LogP contribution >= 0.6 is 0 Å². The van der Waals surface area contributed by atoms with Gasteiger partial charge in [-0.2, -0.15) is 0 Å². The number of nitrogens with two attached hydrogens (primary N) is 1. The first-order valence-corrected chi connectivity index (χ1v) is 11.3. The molecule has 6 heteroatoms. The number of imidazole rings is 1. The predicted octanol–water partition coefficient (Wildman–Crippen LogP) is 4.59. The first kappa shape index (κ1) is 22.8. The van der Waals surface area contributed by atoms with Crippen LogP contribution in [-0.2, 0) is 24.6 Å². The number of hydrogen-bond donors (Lipinski definition) is 1. The molecule has 0 saturated heterocycles. The van der Waals surface area contributed by atoms with Crippen LogP contribution in [0.15, 0.2) is 49.1 Å². The first-order valence-electron chi connectivity index (χ1n) is 11.3. The van der Waals surface area contributed by atoms with E-state index in [9.17, 15) is 0 Å². The van der Waals surface area contributed by atoms with E-state index in [0.29, 0.717) is 6.54 Å². The highest BCUT2D eigenvalue weighted by atomic mass is 16.5. The summed E-state index contributed by atoms with van der Waals surface area (Å²) >= 11 is 0. The van der Waals surface area contributed by atoms with Gasteiger partial charge in [-0.3, -0.25) is 4.98 Å². The molecule has 0 radical (unpaired) electrons. The number of methoxy groups -OCH3 is 1. The highest BCUT2D eigenvalue weighted by Crippen LogP contribution is 2.28. The smallest absolute Gasteiger partial charge is 0.0948 e. The third kappa shape index (κ3) is 5.35. The van der Waals surface area contributed by atoms with Crippen molar-refractivity contribution in [3.63, 3.8) is 0 Å². The van der Waals surface area contributed by atoms with Gasteiger partial charge in [0.1, 0.15) is 0 Å². The average Bonchev–Trinajstić information content (AvgIpc) is 3.24. The molecule has 3 heterocycles. The molecule has 3 aromatic heterocycles. The Hall–Kier alpha value is -3.35. The highest BCUT2D eigenvalue weighted by Gasteiger charge is 2.11. The number of fused-ring (bicyclic) bond motifs is 1. The van der Waals surface area contributed by atoms with E-state index in [4.69, 9.17) is 15.5 Å². The van der Waals surface area contributed by atoms with Crippen LogP contribution in [0.25, 0.3) is 34.4 Å². The fraction of sp³-hybridized carbons (Fsp3) is 0.296. The van der Waals surface area contributed by atoms with Crippen LogP contribution in [0, 0.1) is 6.92 Å². The van der Waals surface area contributed by atoms with Crippen LogP contribution in [0.5, 0.6) is 0 Å². The molecule has 0 aliphatic rings. The van der Waals surface area contributed by atoms with E-state index < -0.39 is 0 Å². The summed E-state index contributed by atoms with van der Waals surface area (Å²) in [5.74, 6) is 0. The number of aryl methyl sites for hydroxylation is 3. The highest BCUT2D eigenvalue weighted by molar-refractivity contribution is 5.93. The molecular formula is C27H31N5O. The third-order valence-electron chi connectivity index (χ3n) is 5.87. The second-order valence-corrected chi connectivity index (χ2v) is 8.33. The largest absolute Gasteiger partial charge is 0.385 e. The van der Waals surface area contributed by atoms with E-state index >= 15 is 0 Å². The molecule has 4 rings (SSSR count). The Labute approximate surface area is 195 Å². The topological polar surface area (TPSA) is 78.8 Å². The third-order valence-corrected chi connectivity index (χ3v) is 5.87. The minimum Gasteiger partial charge on any atom is -0.385 e. The van der Waals surface area contributed by atoms with Gasteiger partial charge in [0.15, 0.2) is 0 Å². The van der Waals surface area contributed by atoms with Crippen LogP contribution in [0.4, 0.5) is 0 Å². The SMILES string of the molecule is COCCCc1cc(/C=C/c2cc(-c3cncn3C)nc3cc(C)c(CCN)cc23)ccn1. The fourth-order valence-corrected chi connectivity index (χ4v) is 4.07. The normalized spacial score (nSPS) is 11.6. The Kier molecular flexibility index (Phi) is 7.27. The molecule has 0 aliphatic carbocycles. The van der Waals surface area contributed by atoms with Crippen LogP contribution < -0.4 is 5.73 Å². The number of aromatic nitrogens is 4. The number of hydrogen-bond acceptors (Lipinski definition) is 5. The Balaban J connectivity index is 1.77. The lowest BCUT2D eigenvalue weighted by atomic mass is 9.98. The number of benzene rings is 1. The summed E-state index contributed by atoms with van der Waals surface area (Å²) in [6.07, 6.45) is 12.6. The monoisotopic (exact) mass is 441 g/mol. The summed E-state index contributed by atoms with van der Waals surface area (Å²) in [6.45, 7) is 3.49. The molecule has 0 saturated carbocycles. The van der Waals surface area contributed by atoms with Crippen LogP contribution in [0.1, 0.15) is 34.4 Å². The van der Waals surface area contributed by atoms with Crippen molar-refractivity contribution < 1.29 is 4.74 Å². The molecule has 0 aliphatic heterocycles. The van der Waals surface area contributed by atoms with Gasteiger partial charge < -0.3 is 15.0 Å². The molecule has 0 bridgehead atoms. The van der Waals surface area contributed by atoms with Crippen molar-refractivity contribution in [1.29, 1.82) is 0 Å². The minimum atomic E-state index is 0.626. The molecule has 0 unspecified atom stereocenters. The Morgan fingerprint density at radius 2 is 2.00 bits per heavy atom. The maximum absolute atomic E-state index is 5.86. The van der Waals surface area contributed by atoms with Gasteiger partial charge >= 0.3 is 0 Å². The van der Waals surface area contributed by atoms with Gasteiger partial charge in [-0.15, -0.1) is 0 Å². The molecule has 170 valence electrons. The molecule has 4 aromatic rings. The van der Waals surface area contributed by atoms with E-state index in [1.807, 2.05) is 30.1 Å². The van der Waals surface area contributed by atoms with Gasteiger partial charge in [0.2, 0.25) is 0 Å². The van der Waals surface area contributed by atoms with Gasteiger partial charge in [0.05, 0.1) is 29.4 Å². The number of pyridine rings is 2. The van der Waals surface area contributed by atoms with Crippen molar-refractivity contribution in [2.45, 2.75) is 26.2 Å². The molecule has 0 amide bonds. The summed E-state index contributed by atoms with van der Waals surface area (Å²) in [5.41, 5.74) is 14.5.